The lowest BCUT2D eigenvalue weighted by Gasteiger charge is -2.05. The van der Waals surface area contributed by atoms with Gasteiger partial charge in [0.25, 0.3) is 5.56 Å². The molecular formula is C15H11N3OS2. The molecule has 0 fully saturated rings. The van der Waals surface area contributed by atoms with Crippen molar-refractivity contribution >= 4 is 33.3 Å². The van der Waals surface area contributed by atoms with E-state index in [-0.39, 0.29) is 5.56 Å². The Hall–Kier alpha value is -2.10. The van der Waals surface area contributed by atoms with Crippen LogP contribution in [0.5, 0.6) is 0 Å². The van der Waals surface area contributed by atoms with Crippen molar-refractivity contribution in [3.05, 3.63) is 58.0 Å². The van der Waals surface area contributed by atoms with Gasteiger partial charge in [-0.3, -0.25) is 9.36 Å². The molecule has 0 aliphatic rings. The summed E-state index contributed by atoms with van der Waals surface area (Å²) in [4.78, 5) is 17.5. The lowest BCUT2D eigenvalue weighted by Crippen LogP contribution is -2.20. The van der Waals surface area contributed by atoms with E-state index in [0.29, 0.717) is 16.8 Å². The zero-order valence-electron chi connectivity index (χ0n) is 11.0. The summed E-state index contributed by atoms with van der Waals surface area (Å²) in [6.07, 6.45) is 1.60. The molecule has 0 radical (unpaired) electrons. The molecule has 0 atom stereocenters. The Morgan fingerprint density at radius 1 is 1.38 bits per heavy atom. The SMILES string of the molecule is N#Cc1cccc(SCCn2cnc3ccsc3c2=O)c1. The maximum absolute atomic E-state index is 12.2. The summed E-state index contributed by atoms with van der Waals surface area (Å²) in [5.41, 5.74) is 1.43. The average molecular weight is 313 g/mol. The number of nitrogens with zero attached hydrogens (tertiary/aromatic N) is 3. The van der Waals surface area contributed by atoms with Gasteiger partial charge in [-0.25, -0.2) is 4.98 Å². The minimum atomic E-state index is 0.0152. The van der Waals surface area contributed by atoms with Gasteiger partial charge in [-0.15, -0.1) is 23.1 Å². The van der Waals surface area contributed by atoms with Gasteiger partial charge < -0.3 is 0 Å². The van der Waals surface area contributed by atoms with Crippen LogP contribution in [0.1, 0.15) is 5.56 Å². The van der Waals surface area contributed by atoms with Gasteiger partial charge in [-0.05, 0) is 29.6 Å². The molecule has 3 aromatic rings. The van der Waals surface area contributed by atoms with E-state index in [1.165, 1.54) is 11.3 Å². The number of hydrogen-bond donors (Lipinski definition) is 0. The van der Waals surface area contributed by atoms with Crippen molar-refractivity contribution < 1.29 is 0 Å². The molecule has 104 valence electrons. The van der Waals surface area contributed by atoms with E-state index in [1.54, 1.807) is 28.7 Å². The van der Waals surface area contributed by atoms with E-state index in [9.17, 15) is 4.79 Å². The van der Waals surface area contributed by atoms with Gasteiger partial charge in [-0.1, -0.05) is 6.07 Å². The summed E-state index contributed by atoms with van der Waals surface area (Å²) in [6.45, 7) is 0.598. The highest BCUT2D eigenvalue weighted by Gasteiger charge is 2.05. The first-order valence-corrected chi connectivity index (χ1v) is 8.20. The summed E-state index contributed by atoms with van der Waals surface area (Å²) in [5.74, 6) is 0.757. The Balaban J connectivity index is 1.70. The first kappa shape index (κ1) is 13.9. The molecule has 0 aliphatic heterocycles. The van der Waals surface area contributed by atoms with Gasteiger partial charge in [0.15, 0.2) is 0 Å². The zero-order chi connectivity index (χ0) is 14.7. The van der Waals surface area contributed by atoms with Crippen LogP contribution in [0, 0.1) is 11.3 Å². The van der Waals surface area contributed by atoms with Gasteiger partial charge in [0.2, 0.25) is 0 Å². The molecule has 4 nitrogen and oxygen atoms in total. The molecule has 3 rings (SSSR count). The quantitative estimate of drug-likeness (QED) is 0.694. The molecule has 2 aromatic heterocycles. The highest BCUT2D eigenvalue weighted by atomic mass is 32.2. The Bertz CT molecular complexity index is 876. The average Bonchev–Trinajstić information content (AvgIpc) is 2.99. The molecule has 0 spiro atoms. The first-order chi connectivity index (χ1) is 10.3. The maximum atomic E-state index is 12.2. The van der Waals surface area contributed by atoms with Crippen LogP contribution in [0.25, 0.3) is 10.2 Å². The van der Waals surface area contributed by atoms with Crippen LogP contribution in [0.3, 0.4) is 0 Å². The highest BCUT2D eigenvalue weighted by molar-refractivity contribution is 7.99. The summed E-state index contributed by atoms with van der Waals surface area (Å²) < 4.78 is 2.34. The molecule has 2 heterocycles. The summed E-state index contributed by atoms with van der Waals surface area (Å²) >= 11 is 3.05. The third-order valence-electron chi connectivity index (χ3n) is 3.00. The Morgan fingerprint density at radius 2 is 2.29 bits per heavy atom. The summed E-state index contributed by atoms with van der Waals surface area (Å²) in [5, 5.41) is 10.8. The van der Waals surface area contributed by atoms with Crippen molar-refractivity contribution in [2.75, 3.05) is 5.75 Å². The first-order valence-electron chi connectivity index (χ1n) is 6.33. The molecule has 0 saturated carbocycles. The Labute approximate surface area is 129 Å². The highest BCUT2D eigenvalue weighted by Crippen LogP contribution is 2.19. The number of hydrogen-bond acceptors (Lipinski definition) is 5. The van der Waals surface area contributed by atoms with Crippen LogP contribution in [0.4, 0.5) is 0 Å². The van der Waals surface area contributed by atoms with E-state index in [4.69, 9.17) is 5.26 Å². The lowest BCUT2D eigenvalue weighted by molar-refractivity contribution is 0.726. The molecule has 0 N–H and O–H groups in total. The van der Waals surface area contributed by atoms with Gasteiger partial charge >= 0.3 is 0 Å². The second-order valence-corrected chi connectivity index (χ2v) is 6.45. The molecule has 0 aliphatic carbocycles. The molecule has 0 unspecified atom stereocenters. The summed E-state index contributed by atoms with van der Waals surface area (Å²) in [6, 6.07) is 11.5. The van der Waals surface area contributed by atoms with Crippen LogP contribution < -0.4 is 5.56 Å². The van der Waals surface area contributed by atoms with E-state index >= 15 is 0 Å². The molecule has 21 heavy (non-hydrogen) atoms. The predicted octanol–water partition coefficient (Wildman–Crippen LogP) is 3.12. The molecule has 1 aromatic carbocycles. The lowest BCUT2D eigenvalue weighted by atomic mass is 10.2. The third-order valence-corrected chi connectivity index (χ3v) is 4.87. The minimum Gasteiger partial charge on any atom is -0.297 e. The number of rotatable bonds is 4. The Kier molecular flexibility index (Phi) is 4.04. The van der Waals surface area contributed by atoms with Gasteiger partial charge in [0.05, 0.1) is 23.5 Å². The van der Waals surface area contributed by atoms with Crippen molar-refractivity contribution in [1.29, 1.82) is 5.26 Å². The van der Waals surface area contributed by atoms with Crippen molar-refractivity contribution in [2.24, 2.45) is 0 Å². The largest absolute Gasteiger partial charge is 0.297 e. The monoisotopic (exact) mass is 313 g/mol. The second-order valence-electron chi connectivity index (χ2n) is 4.37. The fourth-order valence-corrected chi connectivity index (χ4v) is 3.66. The van der Waals surface area contributed by atoms with E-state index in [0.717, 1.165) is 16.2 Å². The van der Waals surface area contributed by atoms with Gasteiger partial charge in [0.1, 0.15) is 4.70 Å². The number of nitriles is 1. The maximum Gasteiger partial charge on any atom is 0.271 e. The molecule has 0 amide bonds. The smallest absolute Gasteiger partial charge is 0.271 e. The van der Waals surface area contributed by atoms with Crippen LogP contribution in [-0.2, 0) is 6.54 Å². The normalized spacial score (nSPS) is 10.6. The molecule has 6 heteroatoms. The van der Waals surface area contributed by atoms with Gasteiger partial charge in [0, 0.05) is 17.2 Å². The molecule has 0 saturated heterocycles. The molecular weight excluding hydrogens is 302 g/mol. The number of fused-ring (bicyclic) bond motifs is 1. The van der Waals surface area contributed by atoms with E-state index in [2.05, 4.69) is 11.1 Å². The second kappa shape index (κ2) is 6.12. The van der Waals surface area contributed by atoms with Gasteiger partial charge in [-0.2, -0.15) is 5.26 Å². The van der Waals surface area contributed by atoms with Crippen LogP contribution in [-0.4, -0.2) is 15.3 Å². The molecule has 0 bridgehead atoms. The van der Waals surface area contributed by atoms with Crippen molar-refractivity contribution in [1.82, 2.24) is 9.55 Å². The number of aryl methyl sites for hydroxylation is 1. The van der Waals surface area contributed by atoms with Crippen molar-refractivity contribution in [3.63, 3.8) is 0 Å². The van der Waals surface area contributed by atoms with E-state index < -0.39 is 0 Å². The third kappa shape index (κ3) is 2.99. The minimum absolute atomic E-state index is 0.0152. The fourth-order valence-electron chi connectivity index (χ4n) is 1.96. The topological polar surface area (TPSA) is 58.7 Å². The Morgan fingerprint density at radius 3 is 3.14 bits per heavy atom. The number of benzene rings is 1. The van der Waals surface area contributed by atoms with Crippen LogP contribution in [0.2, 0.25) is 0 Å². The number of thioether (sulfide) groups is 1. The van der Waals surface area contributed by atoms with Crippen molar-refractivity contribution in [3.8, 4) is 6.07 Å². The summed E-state index contributed by atoms with van der Waals surface area (Å²) in [7, 11) is 0. The van der Waals surface area contributed by atoms with Crippen LogP contribution in [0.15, 0.2) is 51.7 Å². The fraction of sp³-hybridized carbons (Fsp3) is 0.133. The van der Waals surface area contributed by atoms with Crippen LogP contribution >= 0.6 is 23.1 Å². The van der Waals surface area contributed by atoms with Crippen molar-refractivity contribution in [2.45, 2.75) is 11.4 Å². The standard InChI is InChI=1S/C15H11N3OS2/c16-9-11-2-1-3-12(8-11)20-7-5-18-10-17-13-4-6-21-14(13)15(18)19/h1-4,6,8,10H,5,7H2. The van der Waals surface area contributed by atoms with E-state index in [1.807, 2.05) is 29.6 Å². The number of thiophene rings is 1. The number of aromatic nitrogens is 2. The zero-order valence-corrected chi connectivity index (χ0v) is 12.7. The predicted molar refractivity (Wildman–Crippen MR) is 85.8 cm³/mol.